The SMILES string of the molecule is CC(C#N)C(=O)CC12CC3CC(C)(CC(C)(C3)C1)C2. The van der Waals surface area contributed by atoms with E-state index in [-0.39, 0.29) is 11.2 Å². The van der Waals surface area contributed by atoms with Crippen LogP contribution in [-0.2, 0) is 4.79 Å². The van der Waals surface area contributed by atoms with Crippen LogP contribution in [0.25, 0.3) is 0 Å². The Hall–Kier alpha value is -0.840. The molecule has 4 bridgehead atoms. The molecule has 104 valence electrons. The third-order valence-electron chi connectivity index (χ3n) is 5.97. The topological polar surface area (TPSA) is 40.9 Å². The van der Waals surface area contributed by atoms with Crippen molar-refractivity contribution in [1.29, 1.82) is 5.26 Å². The number of Topliss-reactive ketones (excluding diaryl/α,β-unsaturated/α-hetero) is 1. The highest BCUT2D eigenvalue weighted by Gasteiger charge is 2.60. The van der Waals surface area contributed by atoms with Crippen LogP contribution in [0.4, 0.5) is 0 Å². The molecule has 3 unspecified atom stereocenters. The number of hydrogen-bond donors (Lipinski definition) is 0. The lowest BCUT2D eigenvalue weighted by Gasteiger charge is -2.65. The van der Waals surface area contributed by atoms with Gasteiger partial charge in [0.15, 0.2) is 0 Å². The molecule has 0 aromatic carbocycles. The quantitative estimate of drug-likeness (QED) is 0.765. The summed E-state index contributed by atoms with van der Waals surface area (Å²) in [7, 11) is 0. The van der Waals surface area contributed by atoms with Crippen molar-refractivity contribution in [2.75, 3.05) is 0 Å². The maximum absolute atomic E-state index is 12.2. The Balaban J connectivity index is 1.85. The van der Waals surface area contributed by atoms with Gasteiger partial charge in [0.05, 0.1) is 6.07 Å². The monoisotopic (exact) mass is 259 g/mol. The minimum atomic E-state index is -0.423. The standard InChI is InChI=1S/C17H25NO/c1-12(8-18)14(19)7-17-6-13-4-15(2,10-17)9-16(3,5-13)11-17/h12-13H,4-7,9-11H2,1-3H3. The zero-order chi connectivity index (χ0) is 13.9. The van der Waals surface area contributed by atoms with Gasteiger partial charge in [-0.15, -0.1) is 0 Å². The molecule has 4 rings (SSSR count). The van der Waals surface area contributed by atoms with E-state index in [0.717, 1.165) is 5.92 Å². The number of carbonyl (C=O) groups is 1. The fourth-order valence-electron chi connectivity index (χ4n) is 6.48. The van der Waals surface area contributed by atoms with Crippen LogP contribution in [0, 0.1) is 39.4 Å². The van der Waals surface area contributed by atoms with E-state index < -0.39 is 5.92 Å². The van der Waals surface area contributed by atoms with E-state index in [4.69, 9.17) is 5.26 Å². The molecule has 0 amide bonds. The fourth-order valence-corrected chi connectivity index (χ4v) is 6.48. The Morgan fingerprint density at radius 1 is 1.21 bits per heavy atom. The number of hydrogen-bond acceptors (Lipinski definition) is 2. The Morgan fingerprint density at radius 2 is 1.79 bits per heavy atom. The van der Waals surface area contributed by atoms with Gasteiger partial charge in [0.25, 0.3) is 0 Å². The first-order chi connectivity index (χ1) is 8.77. The molecule has 0 saturated heterocycles. The summed E-state index contributed by atoms with van der Waals surface area (Å²) in [6.45, 7) is 6.62. The second kappa shape index (κ2) is 3.84. The molecule has 0 heterocycles. The minimum Gasteiger partial charge on any atom is -0.298 e. The van der Waals surface area contributed by atoms with Crippen LogP contribution >= 0.6 is 0 Å². The summed E-state index contributed by atoms with van der Waals surface area (Å²) in [4.78, 5) is 12.2. The molecule has 0 spiro atoms. The molecule has 4 fully saturated rings. The van der Waals surface area contributed by atoms with Gasteiger partial charge in [0, 0.05) is 6.42 Å². The van der Waals surface area contributed by atoms with Crippen LogP contribution in [0.5, 0.6) is 0 Å². The molecular weight excluding hydrogens is 234 g/mol. The predicted molar refractivity (Wildman–Crippen MR) is 74.2 cm³/mol. The maximum atomic E-state index is 12.2. The average Bonchev–Trinajstić information content (AvgIpc) is 2.21. The van der Waals surface area contributed by atoms with Gasteiger partial charge in [-0.25, -0.2) is 0 Å². The number of nitriles is 1. The van der Waals surface area contributed by atoms with E-state index in [1.807, 2.05) is 0 Å². The van der Waals surface area contributed by atoms with Gasteiger partial charge in [-0.2, -0.15) is 5.26 Å². The van der Waals surface area contributed by atoms with Crippen molar-refractivity contribution in [2.45, 2.75) is 65.7 Å². The third kappa shape index (κ3) is 2.12. The predicted octanol–water partition coefficient (Wildman–Crippen LogP) is 4.10. The summed E-state index contributed by atoms with van der Waals surface area (Å²) in [5.41, 5.74) is 1.15. The first kappa shape index (κ1) is 13.2. The molecule has 0 aliphatic heterocycles. The van der Waals surface area contributed by atoms with E-state index in [2.05, 4.69) is 19.9 Å². The molecule has 3 atom stereocenters. The molecule has 19 heavy (non-hydrogen) atoms. The minimum absolute atomic E-state index is 0.177. The van der Waals surface area contributed by atoms with E-state index in [1.54, 1.807) is 6.92 Å². The fraction of sp³-hybridized carbons (Fsp3) is 0.882. The number of carbonyl (C=O) groups excluding carboxylic acids is 1. The molecule has 2 heteroatoms. The molecular formula is C17H25NO. The Morgan fingerprint density at radius 3 is 2.26 bits per heavy atom. The highest BCUT2D eigenvalue weighted by atomic mass is 16.1. The second-order valence-corrected chi connectivity index (χ2v) is 8.62. The summed E-state index contributed by atoms with van der Waals surface area (Å²) < 4.78 is 0. The van der Waals surface area contributed by atoms with E-state index in [0.29, 0.717) is 17.3 Å². The first-order valence-corrected chi connectivity index (χ1v) is 7.70. The average molecular weight is 259 g/mol. The summed E-state index contributed by atoms with van der Waals surface area (Å²) in [6, 6.07) is 2.12. The molecule has 4 aliphatic carbocycles. The van der Waals surface area contributed by atoms with Crippen molar-refractivity contribution in [3.05, 3.63) is 0 Å². The second-order valence-electron chi connectivity index (χ2n) is 8.62. The maximum Gasteiger partial charge on any atom is 0.150 e. The van der Waals surface area contributed by atoms with Crippen LogP contribution in [0.2, 0.25) is 0 Å². The van der Waals surface area contributed by atoms with Crippen LogP contribution < -0.4 is 0 Å². The lowest BCUT2D eigenvalue weighted by molar-refractivity contribution is -0.155. The first-order valence-electron chi connectivity index (χ1n) is 7.70. The third-order valence-corrected chi connectivity index (χ3v) is 5.97. The van der Waals surface area contributed by atoms with Crippen LogP contribution in [0.3, 0.4) is 0 Å². The van der Waals surface area contributed by atoms with Gasteiger partial charge in [0.2, 0.25) is 0 Å². The number of ketones is 1. The number of nitrogens with zero attached hydrogens (tertiary/aromatic N) is 1. The Kier molecular flexibility index (Phi) is 2.66. The molecule has 2 nitrogen and oxygen atoms in total. The highest BCUT2D eigenvalue weighted by Crippen LogP contribution is 2.70. The molecule has 0 radical (unpaired) electrons. The highest BCUT2D eigenvalue weighted by molar-refractivity contribution is 5.83. The summed E-state index contributed by atoms with van der Waals surface area (Å²) in [6.07, 6.45) is 8.41. The Bertz CT molecular complexity index is 442. The van der Waals surface area contributed by atoms with Gasteiger partial charge in [0.1, 0.15) is 11.7 Å². The van der Waals surface area contributed by atoms with Crippen molar-refractivity contribution >= 4 is 5.78 Å². The lowest BCUT2D eigenvalue weighted by atomic mass is 9.39. The molecule has 0 N–H and O–H groups in total. The van der Waals surface area contributed by atoms with E-state index in [1.165, 1.54) is 38.5 Å². The zero-order valence-corrected chi connectivity index (χ0v) is 12.5. The normalized spacial score (nSPS) is 48.8. The van der Waals surface area contributed by atoms with Gasteiger partial charge in [-0.05, 0) is 67.6 Å². The smallest absolute Gasteiger partial charge is 0.150 e. The lowest BCUT2D eigenvalue weighted by Crippen LogP contribution is -2.55. The molecule has 0 aromatic rings. The van der Waals surface area contributed by atoms with E-state index >= 15 is 0 Å². The summed E-state index contributed by atoms with van der Waals surface area (Å²) in [5.74, 6) is 0.585. The Labute approximate surface area is 116 Å². The molecule has 0 aromatic heterocycles. The van der Waals surface area contributed by atoms with Crippen molar-refractivity contribution in [3.63, 3.8) is 0 Å². The van der Waals surface area contributed by atoms with Gasteiger partial charge in [-0.1, -0.05) is 13.8 Å². The van der Waals surface area contributed by atoms with Crippen molar-refractivity contribution < 1.29 is 4.79 Å². The van der Waals surface area contributed by atoms with Crippen LogP contribution in [-0.4, -0.2) is 5.78 Å². The van der Waals surface area contributed by atoms with Gasteiger partial charge in [-0.3, -0.25) is 4.79 Å². The largest absolute Gasteiger partial charge is 0.298 e. The number of rotatable bonds is 3. The van der Waals surface area contributed by atoms with Crippen molar-refractivity contribution in [2.24, 2.45) is 28.1 Å². The summed E-state index contributed by atoms with van der Waals surface area (Å²) in [5, 5.41) is 8.95. The van der Waals surface area contributed by atoms with Crippen molar-refractivity contribution in [1.82, 2.24) is 0 Å². The molecule has 4 saturated carbocycles. The van der Waals surface area contributed by atoms with Crippen LogP contribution in [0.15, 0.2) is 0 Å². The van der Waals surface area contributed by atoms with Crippen molar-refractivity contribution in [3.8, 4) is 6.07 Å². The zero-order valence-electron chi connectivity index (χ0n) is 12.5. The van der Waals surface area contributed by atoms with E-state index in [9.17, 15) is 4.79 Å². The van der Waals surface area contributed by atoms with Crippen LogP contribution in [0.1, 0.15) is 65.7 Å². The summed E-state index contributed by atoms with van der Waals surface area (Å²) >= 11 is 0. The molecule has 4 aliphatic rings. The van der Waals surface area contributed by atoms with Gasteiger partial charge >= 0.3 is 0 Å². The van der Waals surface area contributed by atoms with Gasteiger partial charge < -0.3 is 0 Å².